The Morgan fingerprint density at radius 3 is 2.41 bits per heavy atom. The van der Waals surface area contributed by atoms with E-state index in [2.05, 4.69) is 5.10 Å². The van der Waals surface area contributed by atoms with Crippen LogP contribution in [-0.4, -0.2) is 16.8 Å². The summed E-state index contributed by atoms with van der Waals surface area (Å²) in [6.45, 7) is 0. The molecule has 0 fully saturated rings. The molecule has 0 saturated heterocycles. The number of nitrogens with zero attached hydrogens (tertiary/aromatic N) is 2. The van der Waals surface area contributed by atoms with Gasteiger partial charge in [0.25, 0.3) is 0 Å². The number of hydrazone groups is 1. The number of benzene rings is 2. The Hall–Kier alpha value is -2.40. The summed E-state index contributed by atoms with van der Waals surface area (Å²) in [6, 6.07) is 12.3. The number of urea groups is 1. The quantitative estimate of drug-likeness (QED) is 0.902. The van der Waals surface area contributed by atoms with Crippen molar-refractivity contribution < 1.29 is 9.18 Å². The summed E-state index contributed by atoms with van der Waals surface area (Å²) in [6.07, 6.45) is 0.510. The normalized spacial score (nSPS) is 17.5. The third kappa shape index (κ3) is 2.80. The van der Waals surface area contributed by atoms with Crippen LogP contribution >= 0.6 is 11.6 Å². The molecule has 22 heavy (non-hydrogen) atoms. The van der Waals surface area contributed by atoms with Gasteiger partial charge in [-0.1, -0.05) is 35.9 Å². The zero-order valence-electron chi connectivity index (χ0n) is 11.5. The summed E-state index contributed by atoms with van der Waals surface area (Å²) in [4.78, 5) is 11.6. The van der Waals surface area contributed by atoms with Gasteiger partial charge in [-0.15, -0.1) is 0 Å². The van der Waals surface area contributed by atoms with Gasteiger partial charge in [0.1, 0.15) is 5.82 Å². The zero-order chi connectivity index (χ0) is 15.7. The highest BCUT2D eigenvalue weighted by Crippen LogP contribution is 2.32. The van der Waals surface area contributed by atoms with Gasteiger partial charge in [0.2, 0.25) is 0 Å². The number of amides is 2. The van der Waals surface area contributed by atoms with Crippen LogP contribution in [-0.2, 0) is 0 Å². The van der Waals surface area contributed by atoms with Crippen LogP contribution in [0.3, 0.4) is 0 Å². The van der Waals surface area contributed by atoms with Crippen LogP contribution in [0.5, 0.6) is 0 Å². The molecule has 2 N–H and O–H groups in total. The molecule has 0 unspecified atom stereocenters. The SMILES string of the molecule is NC(=O)N1N=C(c2ccc(F)cc2)C[C@@H]1c1ccc(Cl)cc1. The van der Waals surface area contributed by atoms with Crippen molar-refractivity contribution in [1.29, 1.82) is 0 Å². The molecule has 4 nitrogen and oxygen atoms in total. The summed E-state index contributed by atoms with van der Waals surface area (Å²) in [5.41, 5.74) is 7.77. The number of carbonyl (C=O) groups excluding carboxylic acids is 1. The van der Waals surface area contributed by atoms with Crippen molar-refractivity contribution in [2.75, 3.05) is 0 Å². The van der Waals surface area contributed by atoms with E-state index < -0.39 is 6.03 Å². The van der Waals surface area contributed by atoms with E-state index in [4.69, 9.17) is 17.3 Å². The lowest BCUT2D eigenvalue weighted by Gasteiger charge is -2.19. The highest BCUT2D eigenvalue weighted by atomic mass is 35.5. The minimum Gasteiger partial charge on any atom is -0.350 e. The van der Waals surface area contributed by atoms with E-state index in [9.17, 15) is 9.18 Å². The highest BCUT2D eigenvalue weighted by Gasteiger charge is 2.31. The third-order valence-electron chi connectivity index (χ3n) is 3.57. The number of rotatable bonds is 2. The molecule has 2 amide bonds. The van der Waals surface area contributed by atoms with E-state index >= 15 is 0 Å². The van der Waals surface area contributed by atoms with Crippen molar-refractivity contribution in [2.24, 2.45) is 10.8 Å². The number of hydrogen-bond acceptors (Lipinski definition) is 2. The second kappa shape index (κ2) is 5.77. The molecular weight excluding hydrogens is 305 g/mol. The van der Waals surface area contributed by atoms with Crippen LogP contribution < -0.4 is 5.73 Å². The van der Waals surface area contributed by atoms with Crippen LogP contribution in [0.4, 0.5) is 9.18 Å². The predicted octanol–water partition coefficient (Wildman–Crippen LogP) is 3.71. The summed E-state index contributed by atoms with van der Waals surface area (Å²) < 4.78 is 13.0. The van der Waals surface area contributed by atoms with Crippen LogP contribution in [0.2, 0.25) is 5.02 Å². The van der Waals surface area contributed by atoms with Crippen LogP contribution in [0.1, 0.15) is 23.6 Å². The topological polar surface area (TPSA) is 58.7 Å². The fourth-order valence-corrected chi connectivity index (χ4v) is 2.60. The maximum absolute atomic E-state index is 13.0. The number of halogens is 2. The van der Waals surface area contributed by atoms with E-state index in [1.807, 2.05) is 12.1 Å². The van der Waals surface area contributed by atoms with Gasteiger partial charge in [-0.25, -0.2) is 14.2 Å². The Morgan fingerprint density at radius 1 is 1.18 bits per heavy atom. The number of carbonyl (C=O) groups is 1. The molecule has 112 valence electrons. The molecule has 1 aliphatic heterocycles. The van der Waals surface area contributed by atoms with Gasteiger partial charge >= 0.3 is 6.03 Å². The van der Waals surface area contributed by atoms with Crippen molar-refractivity contribution in [3.63, 3.8) is 0 Å². The van der Waals surface area contributed by atoms with Crippen molar-refractivity contribution in [3.05, 3.63) is 70.5 Å². The third-order valence-corrected chi connectivity index (χ3v) is 3.82. The lowest BCUT2D eigenvalue weighted by molar-refractivity contribution is 0.196. The van der Waals surface area contributed by atoms with Crippen LogP contribution in [0, 0.1) is 5.82 Å². The molecule has 0 spiro atoms. The summed E-state index contributed by atoms with van der Waals surface area (Å²) in [7, 11) is 0. The molecule has 2 aromatic carbocycles. The standard InChI is InChI=1S/C16H13ClFN3O/c17-12-5-1-11(2-6-12)15-9-14(20-21(15)16(19)22)10-3-7-13(18)8-4-10/h1-8,15H,9H2,(H2,19,22)/t15-/m1/s1. The van der Waals surface area contributed by atoms with Gasteiger partial charge in [-0.05, 0) is 35.4 Å². The van der Waals surface area contributed by atoms with Crippen molar-refractivity contribution in [1.82, 2.24) is 5.01 Å². The molecule has 2 aromatic rings. The maximum Gasteiger partial charge on any atom is 0.335 e. The molecule has 1 heterocycles. The average molecular weight is 318 g/mol. The monoisotopic (exact) mass is 317 g/mol. The molecule has 0 radical (unpaired) electrons. The predicted molar refractivity (Wildman–Crippen MR) is 83.2 cm³/mol. The average Bonchev–Trinajstić information content (AvgIpc) is 2.94. The van der Waals surface area contributed by atoms with E-state index in [0.29, 0.717) is 17.2 Å². The molecule has 0 saturated carbocycles. The van der Waals surface area contributed by atoms with Crippen molar-refractivity contribution >= 4 is 23.3 Å². The lowest BCUT2D eigenvalue weighted by atomic mass is 9.98. The van der Waals surface area contributed by atoms with Gasteiger partial charge in [-0.3, -0.25) is 0 Å². The Balaban J connectivity index is 1.92. The Kier molecular flexibility index (Phi) is 3.81. The second-order valence-electron chi connectivity index (χ2n) is 5.01. The minimum atomic E-state index is -0.628. The first-order valence-electron chi connectivity index (χ1n) is 6.72. The smallest absolute Gasteiger partial charge is 0.335 e. The molecular formula is C16H13ClFN3O. The summed E-state index contributed by atoms with van der Waals surface area (Å²) >= 11 is 5.89. The van der Waals surface area contributed by atoms with Crippen molar-refractivity contribution in [3.8, 4) is 0 Å². The number of nitrogens with two attached hydrogens (primary N) is 1. The first-order chi connectivity index (χ1) is 10.5. The van der Waals surface area contributed by atoms with Gasteiger partial charge in [0.05, 0.1) is 11.8 Å². The number of primary amides is 1. The van der Waals surface area contributed by atoms with Crippen LogP contribution in [0.25, 0.3) is 0 Å². The molecule has 6 heteroatoms. The molecule has 1 aliphatic rings. The first-order valence-corrected chi connectivity index (χ1v) is 7.10. The minimum absolute atomic E-state index is 0.283. The zero-order valence-corrected chi connectivity index (χ0v) is 12.3. The number of hydrogen-bond donors (Lipinski definition) is 1. The Morgan fingerprint density at radius 2 is 1.82 bits per heavy atom. The summed E-state index contributed by atoms with van der Waals surface area (Å²) in [5.74, 6) is -0.316. The van der Waals surface area contributed by atoms with Gasteiger partial charge in [0, 0.05) is 11.4 Å². The fourth-order valence-electron chi connectivity index (χ4n) is 2.47. The Bertz CT molecular complexity index is 728. The largest absolute Gasteiger partial charge is 0.350 e. The Labute approximate surface area is 132 Å². The fraction of sp³-hybridized carbons (Fsp3) is 0.125. The van der Waals surface area contributed by atoms with Gasteiger partial charge < -0.3 is 5.73 Å². The first kappa shape index (κ1) is 14.5. The molecule has 0 aliphatic carbocycles. The molecule has 3 rings (SSSR count). The van der Waals surface area contributed by atoms with Gasteiger partial charge in [-0.2, -0.15) is 5.10 Å². The molecule has 0 aromatic heterocycles. The highest BCUT2D eigenvalue weighted by molar-refractivity contribution is 6.30. The van der Waals surface area contributed by atoms with E-state index in [1.54, 1.807) is 24.3 Å². The molecule has 1 atom stereocenters. The maximum atomic E-state index is 13.0. The van der Waals surface area contributed by atoms with Crippen LogP contribution in [0.15, 0.2) is 53.6 Å². The van der Waals surface area contributed by atoms with Gasteiger partial charge in [0.15, 0.2) is 0 Å². The van der Waals surface area contributed by atoms with E-state index in [1.165, 1.54) is 17.1 Å². The lowest BCUT2D eigenvalue weighted by Crippen LogP contribution is -2.31. The summed E-state index contributed by atoms with van der Waals surface area (Å²) in [5, 5.41) is 6.16. The van der Waals surface area contributed by atoms with Crippen molar-refractivity contribution in [2.45, 2.75) is 12.5 Å². The van der Waals surface area contributed by atoms with E-state index in [-0.39, 0.29) is 11.9 Å². The molecule has 0 bridgehead atoms. The van der Waals surface area contributed by atoms with E-state index in [0.717, 1.165) is 11.1 Å². The second-order valence-corrected chi connectivity index (χ2v) is 5.44.